The number of carbonyl (C=O) groups is 1. The van der Waals surface area contributed by atoms with Gasteiger partial charge >= 0.3 is 0 Å². The summed E-state index contributed by atoms with van der Waals surface area (Å²) in [4.78, 5) is 19.7. The average Bonchev–Trinajstić information content (AvgIpc) is 2.68. The lowest BCUT2D eigenvalue weighted by Gasteiger charge is -2.14. The fraction of sp³-hybridized carbons (Fsp3) is 0.0952. The Kier molecular flexibility index (Phi) is 5.49. The van der Waals surface area contributed by atoms with Gasteiger partial charge in [-0.15, -0.1) is 0 Å². The quantitative estimate of drug-likeness (QED) is 0.557. The average molecular weight is 347 g/mol. The van der Waals surface area contributed by atoms with Crippen LogP contribution in [-0.4, -0.2) is 15.9 Å². The van der Waals surface area contributed by atoms with Gasteiger partial charge in [0.2, 0.25) is 11.9 Å². The van der Waals surface area contributed by atoms with Gasteiger partial charge < -0.3 is 5.32 Å². The van der Waals surface area contributed by atoms with Crippen molar-refractivity contribution in [2.75, 3.05) is 0 Å². The molecule has 0 bridgehead atoms. The van der Waals surface area contributed by atoms with Gasteiger partial charge in [-0.1, -0.05) is 18.2 Å². The zero-order valence-electron chi connectivity index (χ0n) is 14.3. The Hall–Kier alpha value is -3.34. The molecule has 2 aromatic heterocycles. The first-order valence-electron chi connectivity index (χ1n) is 8.22. The molecule has 0 aliphatic carbocycles. The van der Waals surface area contributed by atoms with Crippen molar-refractivity contribution in [2.45, 2.75) is 13.0 Å². The smallest absolute Gasteiger partial charge is 0.244 e. The van der Waals surface area contributed by atoms with E-state index in [9.17, 15) is 9.18 Å². The van der Waals surface area contributed by atoms with E-state index in [4.69, 9.17) is 0 Å². The van der Waals surface area contributed by atoms with E-state index in [1.54, 1.807) is 24.5 Å². The molecule has 1 amide bonds. The third-order valence-corrected chi connectivity index (χ3v) is 3.94. The molecule has 1 atom stereocenters. The van der Waals surface area contributed by atoms with Crippen LogP contribution in [0.2, 0.25) is 0 Å². The molecule has 5 heteroatoms. The van der Waals surface area contributed by atoms with Gasteiger partial charge in [-0.05, 0) is 60.0 Å². The number of pyridine rings is 2. The van der Waals surface area contributed by atoms with Gasteiger partial charge in [-0.3, -0.25) is 9.78 Å². The molecule has 0 unspecified atom stereocenters. The molecule has 0 saturated heterocycles. The second kappa shape index (κ2) is 8.16. The summed E-state index contributed by atoms with van der Waals surface area (Å²) >= 11 is 0. The van der Waals surface area contributed by atoms with Crippen LogP contribution in [-0.2, 0) is 4.79 Å². The van der Waals surface area contributed by atoms with Gasteiger partial charge in [0, 0.05) is 30.2 Å². The van der Waals surface area contributed by atoms with Gasteiger partial charge in [0.05, 0.1) is 6.04 Å². The lowest BCUT2D eigenvalue weighted by molar-refractivity contribution is -0.117. The van der Waals surface area contributed by atoms with Crippen molar-refractivity contribution in [3.8, 4) is 11.1 Å². The van der Waals surface area contributed by atoms with Crippen LogP contribution >= 0.6 is 0 Å². The molecule has 1 N–H and O–H groups in total. The van der Waals surface area contributed by atoms with Crippen LogP contribution in [0.25, 0.3) is 17.2 Å². The van der Waals surface area contributed by atoms with Gasteiger partial charge in [-0.2, -0.15) is 4.39 Å². The second-order valence-corrected chi connectivity index (χ2v) is 5.84. The van der Waals surface area contributed by atoms with Crippen molar-refractivity contribution in [3.05, 3.63) is 90.3 Å². The molecular formula is C21H18FN3O. The van der Waals surface area contributed by atoms with Crippen LogP contribution in [0.3, 0.4) is 0 Å². The minimum absolute atomic E-state index is 0.169. The fourth-order valence-electron chi connectivity index (χ4n) is 2.53. The first-order valence-corrected chi connectivity index (χ1v) is 8.22. The summed E-state index contributed by atoms with van der Waals surface area (Å²) < 4.78 is 13.0. The predicted molar refractivity (Wildman–Crippen MR) is 99.5 cm³/mol. The second-order valence-electron chi connectivity index (χ2n) is 5.84. The van der Waals surface area contributed by atoms with Crippen LogP contribution in [0.15, 0.2) is 73.2 Å². The van der Waals surface area contributed by atoms with Crippen LogP contribution < -0.4 is 5.32 Å². The highest BCUT2D eigenvalue weighted by Crippen LogP contribution is 2.22. The van der Waals surface area contributed by atoms with E-state index in [1.165, 1.54) is 18.3 Å². The van der Waals surface area contributed by atoms with Crippen LogP contribution in [0.1, 0.15) is 24.1 Å². The molecule has 0 spiro atoms. The molecule has 0 radical (unpaired) electrons. The van der Waals surface area contributed by atoms with E-state index in [0.717, 1.165) is 22.3 Å². The van der Waals surface area contributed by atoms with Crippen molar-refractivity contribution in [2.24, 2.45) is 0 Å². The van der Waals surface area contributed by atoms with Crippen LogP contribution in [0.5, 0.6) is 0 Å². The number of hydrogen-bond donors (Lipinski definition) is 1. The van der Waals surface area contributed by atoms with Gasteiger partial charge in [0.25, 0.3) is 0 Å². The third kappa shape index (κ3) is 4.60. The number of carbonyl (C=O) groups excluding carboxylic acids is 1. The lowest BCUT2D eigenvalue weighted by atomic mass is 10.0. The first kappa shape index (κ1) is 17.5. The normalized spacial score (nSPS) is 12.1. The van der Waals surface area contributed by atoms with E-state index in [0.29, 0.717) is 0 Å². The van der Waals surface area contributed by atoms with E-state index in [2.05, 4.69) is 15.3 Å². The minimum Gasteiger partial charge on any atom is -0.346 e. The van der Waals surface area contributed by atoms with E-state index < -0.39 is 5.95 Å². The maximum Gasteiger partial charge on any atom is 0.244 e. The molecule has 0 aliphatic heterocycles. The maximum atomic E-state index is 13.0. The van der Waals surface area contributed by atoms with Crippen molar-refractivity contribution in [1.29, 1.82) is 0 Å². The summed E-state index contributed by atoms with van der Waals surface area (Å²) in [5.41, 5.74) is 3.61. The molecule has 4 nitrogen and oxygen atoms in total. The number of nitrogens with one attached hydrogen (secondary N) is 1. The predicted octanol–water partition coefficient (Wildman–Crippen LogP) is 4.17. The number of hydrogen-bond acceptors (Lipinski definition) is 3. The van der Waals surface area contributed by atoms with Gasteiger partial charge in [-0.25, -0.2) is 4.98 Å². The summed E-state index contributed by atoms with van der Waals surface area (Å²) in [6, 6.07) is 14.2. The zero-order valence-corrected chi connectivity index (χ0v) is 14.3. The third-order valence-electron chi connectivity index (χ3n) is 3.94. The van der Waals surface area contributed by atoms with E-state index in [1.807, 2.05) is 43.3 Å². The van der Waals surface area contributed by atoms with E-state index >= 15 is 0 Å². The number of nitrogens with zero attached hydrogens (tertiary/aromatic N) is 2. The molecule has 130 valence electrons. The minimum atomic E-state index is -0.508. The molecule has 26 heavy (non-hydrogen) atoms. The zero-order chi connectivity index (χ0) is 18.4. The number of rotatable bonds is 5. The number of benzene rings is 1. The fourth-order valence-corrected chi connectivity index (χ4v) is 2.53. The Morgan fingerprint density at radius 2 is 1.92 bits per heavy atom. The molecule has 1 aromatic carbocycles. The van der Waals surface area contributed by atoms with Crippen molar-refractivity contribution < 1.29 is 9.18 Å². The van der Waals surface area contributed by atoms with Crippen molar-refractivity contribution >= 4 is 12.0 Å². The summed E-state index contributed by atoms with van der Waals surface area (Å²) in [5.74, 6) is -0.685. The van der Waals surface area contributed by atoms with Gasteiger partial charge in [0.15, 0.2) is 0 Å². The first-order chi connectivity index (χ1) is 12.6. The standard InChI is InChI=1S/C21H18FN3O/c1-15(25-21(26)8-5-16-9-11-23-12-10-16)17-3-2-4-18(13-17)19-6-7-20(22)24-14-19/h2-15H,1H3,(H,25,26)/b8-5+/t15-/m0/s1. The van der Waals surface area contributed by atoms with Gasteiger partial charge in [0.1, 0.15) is 0 Å². The van der Waals surface area contributed by atoms with E-state index in [-0.39, 0.29) is 11.9 Å². The summed E-state index contributed by atoms with van der Waals surface area (Å²) in [5, 5.41) is 2.94. The molecule has 0 saturated carbocycles. The SMILES string of the molecule is C[C@H](NC(=O)/C=C/c1ccncc1)c1cccc(-c2ccc(F)nc2)c1. The largest absolute Gasteiger partial charge is 0.346 e. The van der Waals surface area contributed by atoms with Crippen molar-refractivity contribution in [3.63, 3.8) is 0 Å². The highest BCUT2D eigenvalue weighted by atomic mass is 19.1. The summed E-state index contributed by atoms with van der Waals surface area (Å²) in [7, 11) is 0. The van der Waals surface area contributed by atoms with Crippen LogP contribution in [0.4, 0.5) is 4.39 Å². The molecule has 2 heterocycles. The Balaban J connectivity index is 1.69. The molecule has 3 aromatic rings. The molecular weight excluding hydrogens is 329 g/mol. The number of amides is 1. The Bertz CT molecular complexity index is 908. The highest BCUT2D eigenvalue weighted by molar-refractivity contribution is 5.91. The maximum absolute atomic E-state index is 13.0. The highest BCUT2D eigenvalue weighted by Gasteiger charge is 2.09. The monoisotopic (exact) mass is 347 g/mol. The van der Waals surface area contributed by atoms with Crippen molar-refractivity contribution in [1.82, 2.24) is 15.3 Å². The topological polar surface area (TPSA) is 54.9 Å². The molecule has 3 rings (SSSR count). The number of halogens is 1. The summed E-state index contributed by atoms with van der Waals surface area (Å²) in [6.45, 7) is 1.92. The molecule has 0 aliphatic rings. The molecule has 0 fully saturated rings. The number of aromatic nitrogens is 2. The van der Waals surface area contributed by atoms with Crippen LogP contribution in [0, 0.1) is 5.95 Å². The summed E-state index contributed by atoms with van der Waals surface area (Å²) in [6.07, 6.45) is 8.09. The Morgan fingerprint density at radius 3 is 2.65 bits per heavy atom. The Labute approximate surface area is 151 Å². The lowest BCUT2D eigenvalue weighted by Crippen LogP contribution is -2.24. The Morgan fingerprint density at radius 1 is 1.12 bits per heavy atom.